The van der Waals surface area contributed by atoms with Crippen LogP contribution in [0.15, 0.2) is 77.7 Å². The van der Waals surface area contributed by atoms with Crippen molar-refractivity contribution in [1.29, 1.82) is 0 Å². The molecule has 4 nitrogen and oxygen atoms in total. The summed E-state index contributed by atoms with van der Waals surface area (Å²) in [4.78, 5) is 4.44. The van der Waals surface area contributed by atoms with Crippen LogP contribution in [0.3, 0.4) is 0 Å². The summed E-state index contributed by atoms with van der Waals surface area (Å²) in [5, 5.41) is 0. The number of hydrogen-bond acceptors (Lipinski definition) is 4. The highest BCUT2D eigenvalue weighted by Gasteiger charge is 2.34. The Morgan fingerprint density at radius 2 is 1.68 bits per heavy atom. The molecule has 0 aromatic heterocycles. The molecule has 34 heavy (non-hydrogen) atoms. The summed E-state index contributed by atoms with van der Waals surface area (Å²) in [6, 6.07) is 19.4. The lowest BCUT2D eigenvalue weighted by Crippen LogP contribution is -2.48. The molecular formula is C25H24F4N2O2S. The molecule has 0 N–H and O–H groups in total. The van der Waals surface area contributed by atoms with Gasteiger partial charge in [-0.25, -0.2) is 12.8 Å². The first kappa shape index (κ1) is 24.2. The van der Waals surface area contributed by atoms with E-state index in [0.717, 1.165) is 23.4 Å². The average molecular weight is 493 g/mol. The monoisotopic (exact) mass is 492 g/mol. The number of rotatable bonds is 5. The van der Waals surface area contributed by atoms with E-state index >= 15 is 0 Å². The molecule has 0 radical (unpaired) electrons. The van der Waals surface area contributed by atoms with Crippen LogP contribution in [0.4, 0.5) is 23.2 Å². The van der Waals surface area contributed by atoms with Gasteiger partial charge in [0.25, 0.3) is 0 Å². The second kappa shape index (κ2) is 9.38. The lowest BCUT2D eigenvalue weighted by Gasteiger charge is -2.43. The summed E-state index contributed by atoms with van der Waals surface area (Å²) < 4.78 is 76.9. The molecule has 0 amide bonds. The van der Waals surface area contributed by atoms with E-state index in [9.17, 15) is 26.0 Å². The van der Waals surface area contributed by atoms with Crippen molar-refractivity contribution in [3.05, 3.63) is 95.3 Å². The Bertz CT molecular complexity index is 1260. The number of piperazine rings is 1. The van der Waals surface area contributed by atoms with Gasteiger partial charge >= 0.3 is 6.18 Å². The van der Waals surface area contributed by atoms with Crippen molar-refractivity contribution in [3.63, 3.8) is 0 Å². The molecule has 180 valence electrons. The molecule has 1 aliphatic heterocycles. The van der Waals surface area contributed by atoms with Gasteiger partial charge in [0, 0.05) is 38.1 Å². The third kappa shape index (κ3) is 5.42. The fraction of sp³-hybridized carbons (Fsp3) is 0.280. The standard InChI is InChI=1S/C25H24F4N2O2S/c1-34(32,33)21-9-5-8-20(15-21)30-12-13-31(24(17-30)19-6-3-2-4-7-19)16-18-10-11-22(23(26)14-18)25(27,28)29/h2-11,14-15,24H,12-13,16-17H2,1H3/t24-/m1/s1. The SMILES string of the molecule is CS(=O)(=O)c1cccc(N2CCN(Cc3ccc(C(F)(F)F)c(F)c3)[C@@H](c3ccccc3)C2)c1. The first-order valence-electron chi connectivity index (χ1n) is 10.7. The highest BCUT2D eigenvalue weighted by Crippen LogP contribution is 2.34. The van der Waals surface area contributed by atoms with Gasteiger partial charge in [0.2, 0.25) is 0 Å². The van der Waals surface area contributed by atoms with E-state index in [1.807, 2.05) is 36.4 Å². The maximum absolute atomic E-state index is 14.1. The highest BCUT2D eigenvalue weighted by molar-refractivity contribution is 7.90. The molecule has 0 spiro atoms. The van der Waals surface area contributed by atoms with Crippen LogP contribution in [0.1, 0.15) is 22.7 Å². The summed E-state index contributed by atoms with van der Waals surface area (Å²) in [6.07, 6.45) is -3.57. The van der Waals surface area contributed by atoms with E-state index < -0.39 is 27.4 Å². The first-order chi connectivity index (χ1) is 16.0. The minimum atomic E-state index is -4.73. The van der Waals surface area contributed by atoms with Crippen molar-refractivity contribution < 1.29 is 26.0 Å². The number of hydrogen-bond donors (Lipinski definition) is 0. The number of nitrogens with zero attached hydrogens (tertiary/aromatic N) is 2. The van der Waals surface area contributed by atoms with Crippen LogP contribution in [0.5, 0.6) is 0 Å². The van der Waals surface area contributed by atoms with E-state index in [-0.39, 0.29) is 17.5 Å². The van der Waals surface area contributed by atoms with Gasteiger partial charge in [-0.15, -0.1) is 0 Å². The summed E-state index contributed by atoms with van der Waals surface area (Å²) in [7, 11) is -3.35. The van der Waals surface area contributed by atoms with Crippen LogP contribution in [0.25, 0.3) is 0 Å². The number of halogens is 4. The Morgan fingerprint density at radius 1 is 0.941 bits per heavy atom. The lowest BCUT2D eigenvalue weighted by atomic mass is 10.0. The minimum Gasteiger partial charge on any atom is -0.368 e. The number of anilines is 1. The Morgan fingerprint density at radius 3 is 2.32 bits per heavy atom. The summed E-state index contributed by atoms with van der Waals surface area (Å²) in [6.45, 7) is 1.97. The quantitative estimate of drug-likeness (QED) is 0.453. The van der Waals surface area contributed by atoms with Gasteiger partial charge in [-0.2, -0.15) is 13.2 Å². The molecular weight excluding hydrogens is 468 g/mol. The van der Waals surface area contributed by atoms with Crippen LogP contribution < -0.4 is 4.90 Å². The van der Waals surface area contributed by atoms with Crippen molar-refractivity contribution in [2.75, 3.05) is 30.8 Å². The predicted molar refractivity (Wildman–Crippen MR) is 123 cm³/mol. The fourth-order valence-corrected chi connectivity index (χ4v) is 4.93. The molecule has 3 aromatic carbocycles. The summed E-state index contributed by atoms with van der Waals surface area (Å²) >= 11 is 0. The summed E-state index contributed by atoms with van der Waals surface area (Å²) in [5.41, 5.74) is 0.980. The second-order valence-electron chi connectivity index (χ2n) is 8.42. The Hall–Kier alpha value is -2.91. The van der Waals surface area contributed by atoms with E-state index in [2.05, 4.69) is 9.80 Å². The molecule has 1 aliphatic rings. The zero-order valence-electron chi connectivity index (χ0n) is 18.5. The molecule has 1 atom stereocenters. The van der Waals surface area contributed by atoms with Gasteiger partial charge < -0.3 is 4.90 Å². The highest BCUT2D eigenvalue weighted by atomic mass is 32.2. The van der Waals surface area contributed by atoms with Crippen molar-refractivity contribution in [3.8, 4) is 0 Å². The molecule has 3 aromatic rings. The van der Waals surface area contributed by atoms with Crippen molar-refractivity contribution in [2.24, 2.45) is 0 Å². The van der Waals surface area contributed by atoms with Crippen LogP contribution in [0.2, 0.25) is 0 Å². The zero-order valence-corrected chi connectivity index (χ0v) is 19.3. The molecule has 0 saturated carbocycles. The van der Waals surface area contributed by atoms with Crippen LogP contribution >= 0.6 is 0 Å². The molecule has 0 unspecified atom stereocenters. The smallest absolute Gasteiger partial charge is 0.368 e. The zero-order chi connectivity index (χ0) is 24.5. The van der Waals surface area contributed by atoms with Crippen LogP contribution in [-0.2, 0) is 22.6 Å². The van der Waals surface area contributed by atoms with Crippen molar-refractivity contribution in [2.45, 2.75) is 23.7 Å². The van der Waals surface area contributed by atoms with Gasteiger partial charge in [-0.1, -0.05) is 42.5 Å². The van der Waals surface area contributed by atoms with E-state index in [1.54, 1.807) is 18.2 Å². The maximum atomic E-state index is 14.1. The molecule has 0 bridgehead atoms. The number of sulfone groups is 1. The van der Waals surface area contributed by atoms with Gasteiger partial charge in [0.1, 0.15) is 5.82 Å². The molecule has 0 aliphatic carbocycles. The van der Waals surface area contributed by atoms with Crippen molar-refractivity contribution >= 4 is 15.5 Å². The molecule has 1 saturated heterocycles. The molecule has 1 fully saturated rings. The lowest BCUT2D eigenvalue weighted by molar-refractivity contribution is -0.140. The predicted octanol–water partition coefficient (Wildman–Crippen LogP) is 5.31. The van der Waals surface area contributed by atoms with Gasteiger partial charge in [-0.05, 0) is 41.5 Å². The molecule has 4 rings (SSSR count). The second-order valence-corrected chi connectivity index (χ2v) is 10.4. The molecule has 9 heteroatoms. The number of benzene rings is 3. The van der Waals surface area contributed by atoms with E-state index in [4.69, 9.17) is 0 Å². The van der Waals surface area contributed by atoms with Crippen molar-refractivity contribution in [1.82, 2.24) is 4.90 Å². The maximum Gasteiger partial charge on any atom is 0.419 e. The van der Waals surface area contributed by atoms with Crippen LogP contribution in [-0.4, -0.2) is 39.2 Å². The van der Waals surface area contributed by atoms with Gasteiger partial charge in [0.05, 0.1) is 16.5 Å². The third-order valence-corrected chi connectivity index (χ3v) is 7.12. The first-order valence-corrected chi connectivity index (χ1v) is 12.6. The van der Waals surface area contributed by atoms with Gasteiger partial charge in [-0.3, -0.25) is 4.90 Å². The Balaban J connectivity index is 1.61. The minimum absolute atomic E-state index is 0.123. The third-order valence-electron chi connectivity index (χ3n) is 6.01. The van der Waals surface area contributed by atoms with Gasteiger partial charge in [0.15, 0.2) is 9.84 Å². The topological polar surface area (TPSA) is 40.6 Å². The largest absolute Gasteiger partial charge is 0.419 e. The van der Waals surface area contributed by atoms with E-state index in [1.165, 1.54) is 12.3 Å². The fourth-order valence-electron chi connectivity index (χ4n) is 4.27. The Labute approximate surface area is 196 Å². The van der Waals surface area contributed by atoms with Crippen LogP contribution in [0, 0.1) is 5.82 Å². The Kier molecular flexibility index (Phi) is 6.69. The average Bonchev–Trinajstić information content (AvgIpc) is 2.79. The normalized spacial score (nSPS) is 17.7. The number of alkyl halides is 3. The van der Waals surface area contributed by atoms with E-state index in [0.29, 0.717) is 25.2 Å². The molecule has 1 heterocycles. The summed E-state index contributed by atoms with van der Waals surface area (Å²) in [5.74, 6) is -1.28.